The Hall–Kier alpha value is -3.61. The number of fused-ring (bicyclic) bond motifs is 10. The Balaban J connectivity index is 1.37. The Morgan fingerprint density at radius 3 is 2.69 bits per heavy atom. The third-order valence-electron chi connectivity index (χ3n) is 8.13. The zero-order valence-electron chi connectivity index (χ0n) is 21.9. The van der Waals surface area contributed by atoms with E-state index < -0.39 is 0 Å². The molecule has 0 bridgehead atoms. The van der Waals surface area contributed by atoms with Gasteiger partial charge in [-0.3, -0.25) is 4.79 Å². The summed E-state index contributed by atoms with van der Waals surface area (Å²) < 4.78 is 15.1. The van der Waals surface area contributed by atoms with Gasteiger partial charge in [0.2, 0.25) is 0 Å². The van der Waals surface area contributed by atoms with Crippen LogP contribution in [0, 0.1) is 0 Å². The predicted octanol–water partition coefficient (Wildman–Crippen LogP) is 7.18. The van der Waals surface area contributed by atoms with Crippen molar-refractivity contribution in [1.82, 2.24) is 9.88 Å². The summed E-state index contributed by atoms with van der Waals surface area (Å²) >= 11 is 3.70. The molecule has 1 aliphatic heterocycles. The van der Waals surface area contributed by atoms with Gasteiger partial charge in [-0.1, -0.05) is 52.3 Å². The van der Waals surface area contributed by atoms with Crippen LogP contribution in [0.25, 0.3) is 32.9 Å². The van der Waals surface area contributed by atoms with E-state index in [0.29, 0.717) is 19.8 Å². The molecule has 5 nitrogen and oxygen atoms in total. The van der Waals surface area contributed by atoms with Gasteiger partial charge in [0.25, 0.3) is 5.91 Å². The monoisotopic (exact) mass is 580 g/mol. The second-order valence-electron chi connectivity index (χ2n) is 10.3. The number of methoxy groups -OCH3 is 1. The van der Waals surface area contributed by atoms with Crippen LogP contribution in [-0.2, 0) is 37.3 Å². The summed E-state index contributed by atoms with van der Waals surface area (Å²) in [4.78, 5) is 13.3. The molecule has 2 aliphatic rings. The van der Waals surface area contributed by atoms with Crippen LogP contribution in [0.15, 0.2) is 71.2 Å². The largest absolute Gasteiger partial charge is 0.497 e. The molecule has 2 heterocycles. The number of benzene rings is 4. The molecule has 0 unspecified atom stereocenters. The minimum absolute atomic E-state index is 0.0250. The van der Waals surface area contributed by atoms with E-state index in [-0.39, 0.29) is 5.91 Å². The SMILES string of the molecule is COc1ccc2c(c1)CCc1c-2c2c(c3c4cc(Br)ccc4n(CCCOCc4ccccc4)c13)CNC2=O. The average molecular weight is 582 g/mol. The summed E-state index contributed by atoms with van der Waals surface area (Å²) in [5.41, 5.74) is 10.4. The van der Waals surface area contributed by atoms with E-state index in [9.17, 15) is 4.79 Å². The molecule has 1 amide bonds. The number of hydrogen-bond donors (Lipinski definition) is 1. The Morgan fingerprint density at radius 1 is 0.974 bits per heavy atom. The van der Waals surface area contributed by atoms with Crippen molar-refractivity contribution < 1.29 is 14.3 Å². The standard InChI is InChI=1S/C33H29BrN2O3/c1-38-23-10-12-24-21(16-23)8-11-25-29(24)31-27(18-35-33(31)37)30-26-17-22(34)9-13-28(26)36(32(25)30)14-5-15-39-19-20-6-3-2-4-7-20/h2-4,6-7,9-10,12-13,16-17H,5,8,11,14-15,18-19H2,1H3,(H,35,37). The highest BCUT2D eigenvalue weighted by atomic mass is 79.9. The van der Waals surface area contributed by atoms with E-state index in [0.717, 1.165) is 58.3 Å². The second-order valence-corrected chi connectivity index (χ2v) is 11.3. The maximum absolute atomic E-state index is 13.3. The van der Waals surface area contributed by atoms with E-state index in [4.69, 9.17) is 9.47 Å². The zero-order chi connectivity index (χ0) is 26.5. The Bertz CT molecular complexity index is 1760. The van der Waals surface area contributed by atoms with Crippen molar-refractivity contribution in [3.63, 3.8) is 0 Å². The lowest BCUT2D eigenvalue weighted by atomic mass is 9.80. The molecule has 4 aromatic carbocycles. The molecule has 5 aromatic rings. The maximum atomic E-state index is 13.3. The molecule has 6 heteroatoms. The first-order valence-electron chi connectivity index (χ1n) is 13.5. The zero-order valence-corrected chi connectivity index (χ0v) is 23.4. The van der Waals surface area contributed by atoms with Gasteiger partial charge in [-0.05, 0) is 77.4 Å². The van der Waals surface area contributed by atoms with Gasteiger partial charge in [0.1, 0.15) is 5.75 Å². The van der Waals surface area contributed by atoms with Crippen molar-refractivity contribution in [3.05, 3.63) is 99.0 Å². The number of nitrogens with zero attached hydrogens (tertiary/aromatic N) is 1. The predicted molar refractivity (Wildman–Crippen MR) is 158 cm³/mol. The number of aryl methyl sites for hydroxylation is 3. The van der Waals surface area contributed by atoms with Gasteiger partial charge in [-0.2, -0.15) is 0 Å². The summed E-state index contributed by atoms with van der Waals surface area (Å²) in [6.45, 7) is 2.70. The van der Waals surface area contributed by atoms with Crippen molar-refractivity contribution in [2.75, 3.05) is 13.7 Å². The lowest BCUT2D eigenvalue weighted by molar-refractivity contribution is 0.0966. The fourth-order valence-corrected chi connectivity index (χ4v) is 6.81. The van der Waals surface area contributed by atoms with Crippen LogP contribution >= 0.6 is 15.9 Å². The van der Waals surface area contributed by atoms with Gasteiger partial charge in [-0.15, -0.1) is 0 Å². The molecule has 1 aliphatic carbocycles. The first-order chi connectivity index (χ1) is 19.1. The highest BCUT2D eigenvalue weighted by Gasteiger charge is 2.34. The van der Waals surface area contributed by atoms with Crippen LogP contribution in [0.3, 0.4) is 0 Å². The molecule has 0 atom stereocenters. The maximum Gasteiger partial charge on any atom is 0.252 e. The van der Waals surface area contributed by atoms with Crippen molar-refractivity contribution >= 4 is 43.6 Å². The summed E-state index contributed by atoms with van der Waals surface area (Å²) in [7, 11) is 1.70. The number of carbonyl (C=O) groups excluding carboxylic acids is 1. The summed E-state index contributed by atoms with van der Waals surface area (Å²) in [6.07, 6.45) is 2.70. The smallest absolute Gasteiger partial charge is 0.252 e. The second kappa shape index (κ2) is 9.85. The van der Waals surface area contributed by atoms with E-state index in [1.807, 2.05) is 24.3 Å². The van der Waals surface area contributed by atoms with Crippen molar-refractivity contribution in [2.45, 2.75) is 39.0 Å². The van der Waals surface area contributed by atoms with Crippen LogP contribution in [0.2, 0.25) is 0 Å². The van der Waals surface area contributed by atoms with Gasteiger partial charge in [0.15, 0.2) is 0 Å². The van der Waals surface area contributed by atoms with Crippen LogP contribution in [-0.4, -0.2) is 24.2 Å². The van der Waals surface area contributed by atoms with Gasteiger partial charge >= 0.3 is 0 Å². The molecule has 39 heavy (non-hydrogen) atoms. The molecule has 0 fully saturated rings. The number of hydrogen-bond acceptors (Lipinski definition) is 3. The fourth-order valence-electron chi connectivity index (χ4n) is 6.45. The normalized spacial score (nSPS) is 13.8. The summed E-state index contributed by atoms with van der Waals surface area (Å²) in [6, 6.07) is 23.1. The topological polar surface area (TPSA) is 52.5 Å². The minimum atomic E-state index is 0.0250. The van der Waals surface area contributed by atoms with E-state index in [1.165, 1.54) is 38.5 Å². The third-order valence-corrected chi connectivity index (χ3v) is 8.62. The van der Waals surface area contributed by atoms with Gasteiger partial charge < -0.3 is 19.4 Å². The molecule has 1 N–H and O–H groups in total. The van der Waals surface area contributed by atoms with Gasteiger partial charge in [0.05, 0.1) is 24.8 Å². The number of ether oxygens (including phenoxy) is 2. The molecule has 0 spiro atoms. The lowest BCUT2D eigenvalue weighted by Gasteiger charge is -2.25. The van der Waals surface area contributed by atoms with Crippen molar-refractivity contribution in [2.24, 2.45) is 0 Å². The lowest BCUT2D eigenvalue weighted by Crippen LogP contribution is -2.16. The van der Waals surface area contributed by atoms with Crippen LogP contribution in [0.4, 0.5) is 0 Å². The highest BCUT2D eigenvalue weighted by Crippen LogP contribution is 2.47. The molecule has 7 rings (SSSR count). The Labute approximate surface area is 235 Å². The molecule has 0 radical (unpaired) electrons. The fraction of sp³-hybridized carbons (Fsp3) is 0.242. The van der Waals surface area contributed by atoms with Crippen molar-refractivity contribution in [1.29, 1.82) is 0 Å². The molecule has 0 saturated carbocycles. The van der Waals surface area contributed by atoms with Gasteiger partial charge in [-0.25, -0.2) is 0 Å². The van der Waals surface area contributed by atoms with Crippen LogP contribution in [0.5, 0.6) is 5.75 Å². The van der Waals surface area contributed by atoms with Crippen LogP contribution in [0.1, 0.15) is 39.0 Å². The van der Waals surface area contributed by atoms with Gasteiger partial charge in [0, 0.05) is 46.0 Å². The Kier molecular flexibility index (Phi) is 6.17. The third kappa shape index (κ3) is 4.05. The molecular formula is C33H29BrN2O3. The summed E-state index contributed by atoms with van der Waals surface area (Å²) in [5, 5.41) is 5.54. The minimum Gasteiger partial charge on any atom is -0.497 e. The number of aromatic nitrogens is 1. The number of amides is 1. The first-order valence-corrected chi connectivity index (χ1v) is 14.3. The number of nitrogens with one attached hydrogen (secondary N) is 1. The molecular weight excluding hydrogens is 552 g/mol. The quantitative estimate of drug-likeness (QED) is 0.207. The molecule has 0 saturated heterocycles. The van der Waals surface area contributed by atoms with E-state index in [2.05, 4.69) is 68.3 Å². The van der Waals surface area contributed by atoms with E-state index in [1.54, 1.807) is 7.11 Å². The molecule has 196 valence electrons. The highest BCUT2D eigenvalue weighted by molar-refractivity contribution is 9.10. The number of rotatable bonds is 7. The van der Waals surface area contributed by atoms with E-state index >= 15 is 0 Å². The summed E-state index contributed by atoms with van der Waals surface area (Å²) in [5.74, 6) is 0.880. The average Bonchev–Trinajstić information content (AvgIpc) is 3.50. The first kappa shape index (κ1) is 24.4. The van der Waals surface area contributed by atoms with Crippen molar-refractivity contribution in [3.8, 4) is 16.9 Å². The molecule has 1 aromatic heterocycles. The number of halogens is 1. The number of carbonyl (C=O) groups is 1. The van der Waals surface area contributed by atoms with Crippen LogP contribution < -0.4 is 10.1 Å². The Morgan fingerprint density at radius 2 is 1.85 bits per heavy atom.